The maximum atomic E-state index is 12.4. The van der Waals surface area contributed by atoms with Gasteiger partial charge in [0.05, 0.1) is 0 Å². The summed E-state index contributed by atoms with van der Waals surface area (Å²) in [5.74, 6) is 0.306. The van der Waals surface area contributed by atoms with Crippen molar-refractivity contribution in [3.8, 4) is 5.75 Å². The van der Waals surface area contributed by atoms with Crippen molar-refractivity contribution in [2.75, 3.05) is 19.7 Å². The number of aromatic amines is 1. The van der Waals surface area contributed by atoms with E-state index >= 15 is 0 Å². The lowest BCUT2D eigenvalue weighted by molar-refractivity contribution is -0.124. The van der Waals surface area contributed by atoms with Crippen LogP contribution in [0.5, 0.6) is 5.75 Å². The van der Waals surface area contributed by atoms with Gasteiger partial charge in [0, 0.05) is 25.2 Å². The van der Waals surface area contributed by atoms with Crippen molar-refractivity contribution in [1.29, 1.82) is 0 Å². The summed E-state index contributed by atoms with van der Waals surface area (Å²) in [6.45, 7) is 4.95. The maximum absolute atomic E-state index is 12.4. The Labute approximate surface area is 162 Å². The van der Waals surface area contributed by atoms with E-state index in [4.69, 9.17) is 4.74 Å². The minimum atomic E-state index is -0.346. The van der Waals surface area contributed by atoms with Gasteiger partial charge < -0.3 is 15.0 Å². The summed E-state index contributed by atoms with van der Waals surface area (Å²) < 4.78 is 5.61. The van der Waals surface area contributed by atoms with Crippen molar-refractivity contribution in [2.45, 2.75) is 32.7 Å². The molecular formula is C20H24N4O4. The van der Waals surface area contributed by atoms with E-state index in [1.165, 1.54) is 12.1 Å². The van der Waals surface area contributed by atoms with Crippen molar-refractivity contribution < 1.29 is 14.3 Å². The van der Waals surface area contributed by atoms with Gasteiger partial charge in [0.2, 0.25) is 0 Å². The van der Waals surface area contributed by atoms with Crippen LogP contribution in [0.3, 0.4) is 0 Å². The second-order valence-electron chi connectivity index (χ2n) is 7.00. The Morgan fingerprint density at radius 3 is 2.61 bits per heavy atom. The number of aromatic nitrogens is 2. The number of carbonyl (C=O) groups excluding carboxylic acids is 2. The molecule has 1 aliphatic rings. The molecule has 0 aliphatic carbocycles. The van der Waals surface area contributed by atoms with Gasteiger partial charge in [0.25, 0.3) is 17.4 Å². The average Bonchev–Trinajstić information content (AvgIpc) is 2.68. The average molecular weight is 384 g/mol. The summed E-state index contributed by atoms with van der Waals surface area (Å²) in [6, 6.07) is 8.53. The molecule has 8 heteroatoms. The van der Waals surface area contributed by atoms with Gasteiger partial charge >= 0.3 is 0 Å². The van der Waals surface area contributed by atoms with Crippen LogP contribution in [0.4, 0.5) is 0 Å². The molecular weight excluding hydrogens is 360 g/mol. The quantitative estimate of drug-likeness (QED) is 0.806. The van der Waals surface area contributed by atoms with Crippen molar-refractivity contribution >= 4 is 11.8 Å². The molecule has 1 aliphatic heterocycles. The summed E-state index contributed by atoms with van der Waals surface area (Å²) in [6.07, 6.45) is 1.31. The van der Waals surface area contributed by atoms with Gasteiger partial charge in [-0.05, 0) is 44.4 Å². The number of nitrogens with zero attached hydrogens (tertiary/aromatic N) is 2. The molecule has 148 valence electrons. The number of rotatable bonds is 5. The predicted molar refractivity (Wildman–Crippen MR) is 103 cm³/mol. The lowest BCUT2D eigenvalue weighted by Gasteiger charge is -2.32. The normalized spacial score (nSPS) is 14.6. The molecule has 1 fully saturated rings. The molecule has 0 radical (unpaired) electrons. The van der Waals surface area contributed by atoms with E-state index in [-0.39, 0.29) is 35.7 Å². The monoisotopic (exact) mass is 384 g/mol. The molecule has 1 aromatic heterocycles. The van der Waals surface area contributed by atoms with Crippen molar-refractivity contribution in [2.24, 2.45) is 0 Å². The number of hydrogen-bond donors (Lipinski definition) is 2. The lowest BCUT2D eigenvalue weighted by Crippen LogP contribution is -2.47. The molecule has 1 aromatic carbocycles. The summed E-state index contributed by atoms with van der Waals surface area (Å²) >= 11 is 0. The Kier molecular flexibility index (Phi) is 6.08. The number of hydrogen-bond acceptors (Lipinski definition) is 5. The summed E-state index contributed by atoms with van der Waals surface area (Å²) in [5.41, 5.74) is 2.01. The van der Waals surface area contributed by atoms with E-state index in [1.807, 2.05) is 32.0 Å². The number of H-pyrrole nitrogens is 1. The Bertz CT molecular complexity index is 896. The number of piperidine rings is 1. The van der Waals surface area contributed by atoms with E-state index in [0.29, 0.717) is 31.7 Å². The highest BCUT2D eigenvalue weighted by molar-refractivity contribution is 5.92. The third-order valence-corrected chi connectivity index (χ3v) is 4.73. The van der Waals surface area contributed by atoms with Gasteiger partial charge in [-0.25, -0.2) is 5.10 Å². The van der Waals surface area contributed by atoms with Crippen LogP contribution in [-0.4, -0.2) is 52.6 Å². The van der Waals surface area contributed by atoms with E-state index in [9.17, 15) is 14.4 Å². The van der Waals surface area contributed by atoms with E-state index in [2.05, 4.69) is 15.5 Å². The molecule has 2 aromatic rings. The Morgan fingerprint density at radius 1 is 1.21 bits per heavy atom. The topological polar surface area (TPSA) is 104 Å². The van der Waals surface area contributed by atoms with Crippen LogP contribution in [0.2, 0.25) is 0 Å². The van der Waals surface area contributed by atoms with Crippen molar-refractivity contribution in [3.63, 3.8) is 0 Å². The van der Waals surface area contributed by atoms with E-state index < -0.39 is 0 Å². The SMILES string of the molecule is Cc1ccc(OCC(=O)NC2CCN(C(=O)c3ccc(=O)[nH]n3)CC2)c(C)c1. The molecule has 0 bridgehead atoms. The van der Waals surface area contributed by atoms with Crippen LogP contribution in [0.1, 0.15) is 34.5 Å². The highest BCUT2D eigenvalue weighted by Gasteiger charge is 2.25. The van der Waals surface area contributed by atoms with Crippen LogP contribution in [0, 0.1) is 13.8 Å². The second-order valence-corrected chi connectivity index (χ2v) is 7.00. The first-order valence-corrected chi connectivity index (χ1v) is 9.27. The molecule has 2 N–H and O–H groups in total. The van der Waals surface area contributed by atoms with Crippen LogP contribution in [0.15, 0.2) is 35.1 Å². The van der Waals surface area contributed by atoms with Gasteiger partial charge in [-0.15, -0.1) is 0 Å². The summed E-state index contributed by atoms with van der Waals surface area (Å²) in [7, 11) is 0. The van der Waals surface area contributed by atoms with Gasteiger partial charge in [-0.3, -0.25) is 14.4 Å². The van der Waals surface area contributed by atoms with Gasteiger partial charge in [-0.2, -0.15) is 5.10 Å². The van der Waals surface area contributed by atoms with Crippen molar-refractivity contribution in [3.05, 3.63) is 57.5 Å². The molecule has 2 heterocycles. The molecule has 1 saturated heterocycles. The Morgan fingerprint density at radius 2 is 1.96 bits per heavy atom. The Balaban J connectivity index is 1.44. The van der Waals surface area contributed by atoms with Crippen molar-refractivity contribution in [1.82, 2.24) is 20.4 Å². The molecule has 0 atom stereocenters. The van der Waals surface area contributed by atoms with E-state index in [0.717, 1.165) is 11.1 Å². The zero-order valence-electron chi connectivity index (χ0n) is 16.0. The minimum absolute atomic E-state index is 0.00260. The summed E-state index contributed by atoms with van der Waals surface area (Å²) in [4.78, 5) is 37.3. The Hall–Kier alpha value is -3.16. The smallest absolute Gasteiger partial charge is 0.274 e. The van der Waals surface area contributed by atoms with Gasteiger partial charge in [-0.1, -0.05) is 17.7 Å². The maximum Gasteiger partial charge on any atom is 0.274 e. The number of aryl methyl sites for hydroxylation is 2. The first-order chi connectivity index (χ1) is 13.4. The number of ether oxygens (including phenoxy) is 1. The number of benzene rings is 1. The second kappa shape index (κ2) is 8.69. The first-order valence-electron chi connectivity index (χ1n) is 9.27. The first kappa shape index (κ1) is 19.6. The lowest BCUT2D eigenvalue weighted by atomic mass is 10.0. The minimum Gasteiger partial charge on any atom is -0.484 e. The third-order valence-electron chi connectivity index (χ3n) is 4.73. The molecule has 28 heavy (non-hydrogen) atoms. The fourth-order valence-electron chi connectivity index (χ4n) is 3.23. The number of carbonyl (C=O) groups is 2. The zero-order chi connectivity index (χ0) is 20.1. The third kappa shape index (κ3) is 4.97. The number of nitrogens with one attached hydrogen (secondary N) is 2. The van der Waals surface area contributed by atoms with Crippen LogP contribution in [0.25, 0.3) is 0 Å². The zero-order valence-corrected chi connectivity index (χ0v) is 16.0. The fourth-order valence-corrected chi connectivity index (χ4v) is 3.23. The highest BCUT2D eigenvalue weighted by atomic mass is 16.5. The predicted octanol–water partition coefficient (Wildman–Crippen LogP) is 1.19. The van der Waals surface area contributed by atoms with Crippen LogP contribution < -0.4 is 15.6 Å². The fraction of sp³-hybridized carbons (Fsp3) is 0.400. The van der Waals surface area contributed by atoms with Gasteiger partial charge in [0.1, 0.15) is 11.4 Å². The largest absolute Gasteiger partial charge is 0.484 e. The molecule has 0 unspecified atom stereocenters. The van der Waals surface area contributed by atoms with Gasteiger partial charge in [0.15, 0.2) is 6.61 Å². The van der Waals surface area contributed by atoms with E-state index in [1.54, 1.807) is 4.90 Å². The molecule has 0 spiro atoms. The standard InChI is InChI=1S/C20H24N4O4/c1-13-3-5-17(14(2)11-13)28-12-19(26)21-15-7-9-24(10-8-15)20(27)16-4-6-18(25)23-22-16/h3-6,11,15H,7-10,12H2,1-2H3,(H,21,26)(H,23,25). The van der Waals surface area contributed by atoms with Crippen LogP contribution >= 0.6 is 0 Å². The summed E-state index contributed by atoms with van der Waals surface area (Å²) in [5, 5.41) is 9.00. The highest BCUT2D eigenvalue weighted by Crippen LogP contribution is 2.18. The molecule has 8 nitrogen and oxygen atoms in total. The number of likely N-dealkylation sites (tertiary alicyclic amines) is 1. The van der Waals surface area contributed by atoms with Crippen LogP contribution in [-0.2, 0) is 4.79 Å². The molecule has 3 rings (SSSR count). The number of amides is 2. The molecule has 0 saturated carbocycles. The molecule has 2 amide bonds.